The smallest absolute Gasteiger partial charge is 0.351 e. The number of hydrogen-bond donors (Lipinski definition) is 3. The second kappa shape index (κ2) is 5.17. The molecule has 0 fully saturated rings. The van der Waals surface area contributed by atoms with Crippen molar-refractivity contribution in [1.82, 2.24) is 0 Å². The molecule has 0 aliphatic heterocycles. The predicted octanol–water partition coefficient (Wildman–Crippen LogP) is 1.58. The van der Waals surface area contributed by atoms with Crippen molar-refractivity contribution in [3.05, 3.63) is 41.6 Å². The van der Waals surface area contributed by atoms with E-state index < -0.39 is 5.97 Å². The predicted molar refractivity (Wildman–Crippen MR) is 57.4 cm³/mol. The van der Waals surface area contributed by atoms with Gasteiger partial charge in [-0.3, -0.25) is 0 Å². The van der Waals surface area contributed by atoms with Crippen molar-refractivity contribution in [2.45, 2.75) is 13.5 Å². The maximum absolute atomic E-state index is 10.7. The van der Waals surface area contributed by atoms with Gasteiger partial charge < -0.3 is 15.5 Å². The van der Waals surface area contributed by atoms with Crippen LogP contribution in [-0.2, 0) is 11.4 Å². The summed E-state index contributed by atoms with van der Waals surface area (Å²) in [4.78, 5) is 10.7. The largest absolute Gasteiger partial charge is 0.477 e. The second-order valence-electron chi connectivity index (χ2n) is 2.95. The second-order valence-corrected chi connectivity index (χ2v) is 2.95. The Kier molecular flexibility index (Phi) is 3.88. The first kappa shape index (κ1) is 11.3. The van der Waals surface area contributed by atoms with Crippen LogP contribution in [0.5, 0.6) is 0 Å². The summed E-state index contributed by atoms with van der Waals surface area (Å²) in [6, 6.07) is 7.01. The first-order valence-corrected chi connectivity index (χ1v) is 4.54. The molecular weight excluding hydrogens is 194 g/mol. The van der Waals surface area contributed by atoms with Gasteiger partial charge in [-0.15, -0.1) is 0 Å². The minimum absolute atomic E-state index is 0.0934. The molecule has 1 aromatic rings. The quantitative estimate of drug-likeness (QED) is 0.655. The lowest BCUT2D eigenvalue weighted by Gasteiger charge is -2.10. The van der Waals surface area contributed by atoms with E-state index in [0.29, 0.717) is 11.3 Å². The number of para-hydroxylation sites is 1. The summed E-state index contributed by atoms with van der Waals surface area (Å²) >= 11 is 0. The molecule has 0 saturated carbocycles. The molecular formula is C11H13NO3. The highest BCUT2D eigenvalue weighted by Gasteiger charge is 2.07. The molecule has 0 saturated heterocycles. The van der Waals surface area contributed by atoms with Crippen LogP contribution in [0.3, 0.4) is 0 Å². The van der Waals surface area contributed by atoms with Crippen molar-refractivity contribution in [3.63, 3.8) is 0 Å². The van der Waals surface area contributed by atoms with Crippen LogP contribution < -0.4 is 5.32 Å². The molecule has 0 spiro atoms. The van der Waals surface area contributed by atoms with Gasteiger partial charge in [-0.2, -0.15) is 0 Å². The summed E-state index contributed by atoms with van der Waals surface area (Å²) < 4.78 is 0. The number of aliphatic hydroxyl groups excluding tert-OH is 1. The number of aliphatic carboxylic acids is 1. The number of anilines is 1. The molecule has 4 heteroatoms. The zero-order valence-corrected chi connectivity index (χ0v) is 8.40. The third-order valence-electron chi connectivity index (χ3n) is 1.98. The van der Waals surface area contributed by atoms with E-state index in [2.05, 4.69) is 5.32 Å². The molecule has 1 rings (SSSR count). The minimum atomic E-state index is -1.02. The summed E-state index contributed by atoms with van der Waals surface area (Å²) in [5, 5.41) is 20.6. The van der Waals surface area contributed by atoms with Gasteiger partial charge in [0.1, 0.15) is 5.70 Å². The molecule has 15 heavy (non-hydrogen) atoms. The average Bonchev–Trinajstić information content (AvgIpc) is 2.25. The fraction of sp³-hybridized carbons (Fsp3) is 0.182. The first-order valence-electron chi connectivity index (χ1n) is 4.54. The summed E-state index contributed by atoms with van der Waals surface area (Å²) in [7, 11) is 0. The Labute approximate surface area is 87.9 Å². The molecule has 0 amide bonds. The van der Waals surface area contributed by atoms with Gasteiger partial charge in [-0.05, 0) is 13.0 Å². The Morgan fingerprint density at radius 1 is 1.47 bits per heavy atom. The topological polar surface area (TPSA) is 69.6 Å². The van der Waals surface area contributed by atoms with Gasteiger partial charge >= 0.3 is 5.97 Å². The minimum Gasteiger partial charge on any atom is -0.477 e. The van der Waals surface area contributed by atoms with Crippen molar-refractivity contribution in [2.24, 2.45) is 0 Å². The molecule has 1 aromatic carbocycles. The SMILES string of the molecule is CC=C(Nc1ccccc1CO)C(=O)O. The summed E-state index contributed by atoms with van der Waals surface area (Å²) in [5.74, 6) is -1.02. The highest BCUT2D eigenvalue weighted by Crippen LogP contribution is 2.16. The summed E-state index contributed by atoms with van der Waals surface area (Å²) in [6.07, 6.45) is 1.47. The Morgan fingerprint density at radius 2 is 2.13 bits per heavy atom. The molecule has 0 aliphatic carbocycles. The molecule has 4 nitrogen and oxygen atoms in total. The van der Waals surface area contributed by atoms with E-state index >= 15 is 0 Å². The molecule has 3 N–H and O–H groups in total. The van der Waals surface area contributed by atoms with Crippen molar-refractivity contribution in [2.75, 3.05) is 5.32 Å². The van der Waals surface area contributed by atoms with E-state index in [4.69, 9.17) is 10.2 Å². The van der Waals surface area contributed by atoms with Gasteiger partial charge in [0.05, 0.1) is 6.61 Å². The molecule has 80 valence electrons. The standard InChI is InChI=1S/C11H13NO3/c1-2-9(11(14)15)12-10-6-4-3-5-8(10)7-13/h2-6,12-13H,7H2,1H3,(H,14,15). The maximum Gasteiger partial charge on any atom is 0.351 e. The summed E-state index contributed by atoms with van der Waals surface area (Å²) in [5.41, 5.74) is 1.37. The first-order chi connectivity index (χ1) is 7.19. The van der Waals surface area contributed by atoms with E-state index in [0.717, 1.165) is 0 Å². The molecule has 0 unspecified atom stereocenters. The van der Waals surface area contributed by atoms with E-state index in [1.54, 1.807) is 31.2 Å². The van der Waals surface area contributed by atoms with Crippen molar-refractivity contribution >= 4 is 11.7 Å². The molecule has 0 aromatic heterocycles. The fourth-order valence-corrected chi connectivity index (χ4v) is 1.17. The number of rotatable bonds is 4. The van der Waals surface area contributed by atoms with Gasteiger partial charge in [0, 0.05) is 11.3 Å². The number of aliphatic hydroxyl groups is 1. The van der Waals surface area contributed by atoms with E-state index in [9.17, 15) is 4.79 Å². The molecule has 0 radical (unpaired) electrons. The Hall–Kier alpha value is -1.81. The number of carbonyl (C=O) groups is 1. The zero-order chi connectivity index (χ0) is 11.3. The van der Waals surface area contributed by atoms with E-state index in [-0.39, 0.29) is 12.3 Å². The van der Waals surface area contributed by atoms with Crippen LogP contribution >= 0.6 is 0 Å². The highest BCUT2D eigenvalue weighted by atomic mass is 16.4. The molecule has 0 bridgehead atoms. The third kappa shape index (κ3) is 2.82. The van der Waals surface area contributed by atoms with Gasteiger partial charge in [-0.1, -0.05) is 24.3 Å². The number of carboxylic acid groups (broad SMARTS) is 1. The Balaban J connectivity index is 2.93. The van der Waals surface area contributed by atoms with Gasteiger partial charge in [0.25, 0.3) is 0 Å². The normalized spacial score (nSPS) is 11.2. The van der Waals surface area contributed by atoms with Crippen LogP contribution in [0.25, 0.3) is 0 Å². The van der Waals surface area contributed by atoms with Crippen LogP contribution in [0, 0.1) is 0 Å². The van der Waals surface area contributed by atoms with Crippen molar-refractivity contribution in [3.8, 4) is 0 Å². The van der Waals surface area contributed by atoms with E-state index in [1.807, 2.05) is 0 Å². The van der Waals surface area contributed by atoms with Crippen LogP contribution in [-0.4, -0.2) is 16.2 Å². The van der Waals surface area contributed by atoms with Crippen LogP contribution in [0.1, 0.15) is 12.5 Å². The monoisotopic (exact) mass is 207 g/mol. The van der Waals surface area contributed by atoms with E-state index in [1.165, 1.54) is 6.08 Å². The number of allylic oxidation sites excluding steroid dienone is 1. The van der Waals surface area contributed by atoms with Crippen molar-refractivity contribution < 1.29 is 15.0 Å². The van der Waals surface area contributed by atoms with Gasteiger partial charge in [-0.25, -0.2) is 4.79 Å². The lowest BCUT2D eigenvalue weighted by Crippen LogP contribution is -2.11. The van der Waals surface area contributed by atoms with Crippen LogP contribution in [0.4, 0.5) is 5.69 Å². The number of benzene rings is 1. The average molecular weight is 207 g/mol. The lowest BCUT2D eigenvalue weighted by atomic mass is 10.2. The van der Waals surface area contributed by atoms with Gasteiger partial charge in [0.2, 0.25) is 0 Å². The fourth-order valence-electron chi connectivity index (χ4n) is 1.17. The van der Waals surface area contributed by atoms with Crippen molar-refractivity contribution in [1.29, 1.82) is 0 Å². The number of hydrogen-bond acceptors (Lipinski definition) is 3. The molecule has 0 aliphatic rings. The van der Waals surface area contributed by atoms with Crippen LogP contribution in [0.2, 0.25) is 0 Å². The molecule has 0 heterocycles. The third-order valence-corrected chi connectivity index (χ3v) is 1.98. The summed E-state index contributed by atoms with van der Waals surface area (Å²) in [6.45, 7) is 1.51. The maximum atomic E-state index is 10.7. The zero-order valence-electron chi connectivity index (χ0n) is 8.40. The highest BCUT2D eigenvalue weighted by molar-refractivity contribution is 5.90. The lowest BCUT2D eigenvalue weighted by molar-refractivity contribution is -0.132. The number of nitrogens with one attached hydrogen (secondary N) is 1. The molecule has 0 atom stereocenters. The Morgan fingerprint density at radius 3 is 2.67 bits per heavy atom. The van der Waals surface area contributed by atoms with Gasteiger partial charge in [0.15, 0.2) is 0 Å². The van der Waals surface area contributed by atoms with Crippen LogP contribution in [0.15, 0.2) is 36.0 Å². The Bertz CT molecular complexity index is 385. The number of carboxylic acids is 1.